The number of aromatic nitrogens is 2. The first-order chi connectivity index (χ1) is 8.99. The lowest BCUT2D eigenvalue weighted by molar-refractivity contribution is -0.385. The average molecular weight is 299 g/mol. The monoisotopic (exact) mass is 298 g/mol. The molecule has 2 aromatic rings. The van der Waals surface area contributed by atoms with Gasteiger partial charge in [-0.1, -0.05) is 23.7 Å². The SMILES string of the molecule is Cc1nc(Cl)nc(Nc2ccccc2Cl)c1[N+](=O)[O-]. The number of para-hydroxylation sites is 1. The van der Waals surface area contributed by atoms with Gasteiger partial charge in [-0.15, -0.1) is 0 Å². The third kappa shape index (κ3) is 2.91. The van der Waals surface area contributed by atoms with Gasteiger partial charge in [0.2, 0.25) is 11.1 Å². The Balaban J connectivity index is 2.51. The molecule has 0 saturated heterocycles. The minimum atomic E-state index is -0.565. The largest absolute Gasteiger partial charge is 0.333 e. The molecule has 98 valence electrons. The van der Waals surface area contributed by atoms with Crippen LogP contribution in [0.3, 0.4) is 0 Å². The molecule has 1 heterocycles. The molecule has 1 N–H and O–H groups in total. The van der Waals surface area contributed by atoms with Crippen LogP contribution in [-0.4, -0.2) is 14.9 Å². The molecule has 0 amide bonds. The predicted molar refractivity (Wildman–Crippen MR) is 73.2 cm³/mol. The molecule has 0 spiro atoms. The van der Waals surface area contributed by atoms with Gasteiger partial charge in [0.05, 0.1) is 15.6 Å². The fourth-order valence-electron chi connectivity index (χ4n) is 1.53. The van der Waals surface area contributed by atoms with Crippen LogP contribution in [-0.2, 0) is 0 Å². The molecule has 0 fully saturated rings. The highest BCUT2D eigenvalue weighted by Gasteiger charge is 2.22. The minimum absolute atomic E-state index is 0.00981. The van der Waals surface area contributed by atoms with E-state index in [1.165, 1.54) is 6.92 Å². The van der Waals surface area contributed by atoms with Crippen molar-refractivity contribution in [2.45, 2.75) is 6.92 Å². The number of halogens is 2. The second-order valence-corrected chi connectivity index (χ2v) is 4.38. The van der Waals surface area contributed by atoms with E-state index in [2.05, 4.69) is 15.3 Å². The van der Waals surface area contributed by atoms with Crippen LogP contribution in [0.25, 0.3) is 0 Å². The number of anilines is 2. The third-order valence-corrected chi connectivity index (χ3v) is 2.84. The van der Waals surface area contributed by atoms with Gasteiger partial charge in [-0.2, -0.15) is 4.98 Å². The van der Waals surface area contributed by atoms with Crippen molar-refractivity contribution in [1.82, 2.24) is 9.97 Å². The van der Waals surface area contributed by atoms with E-state index in [9.17, 15) is 10.1 Å². The zero-order valence-corrected chi connectivity index (χ0v) is 11.2. The quantitative estimate of drug-likeness (QED) is 0.530. The Morgan fingerprint density at radius 3 is 2.58 bits per heavy atom. The first-order valence-corrected chi connectivity index (χ1v) is 5.94. The molecule has 0 radical (unpaired) electrons. The van der Waals surface area contributed by atoms with Crippen LogP contribution in [0.1, 0.15) is 5.69 Å². The van der Waals surface area contributed by atoms with E-state index in [1.807, 2.05) is 0 Å². The topological polar surface area (TPSA) is 81.0 Å². The van der Waals surface area contributed by atoms with Crippen LogP contribution in [0, 0.1) is 17.0 Å². The summed E-state index contributed by atoms with van der Waals surface area (Å²) in [7, 11) is 0. The second-order valence-electron chi connectivity index (χ2n) is 3.64. The normalized spacial score (nSPS) is 10.3. The van der Waals surface area contributed by atoms with Crippen LogP contribution >= 0.6 is 23.2 Å². The third-order valence-electron chi connectivity index (χ3n) is 2.34. The first kappa shape index (κ1) is 13.5. The summed E-state index contributed by atoms with van der Waals surface area (Å²) in [6, 6.07) is 6.83. The summed E-state index contributed by atoms with van der Waals surface area (Å²) in [6.07, 6.45) is 0. The Labute approximate surface area is 118 Å². The molecule has 0 aliphatic heterocycles. The number of benzene rings is 1. The van der Waals surface area contributed by atoms with Crippen molar-refractivity contribution in [2.24, 2.45) is 0 Å². The first-order valence-electron chi connectivity index (χ1n) is 5.19. The summed E-state index contributed by atoms with van der Waals surface area (Å²) in [5, 5.41) is 14.2. The van der Waals surface area contributed by atoms with Gasteiger partial charge < -0.3 is 5.32 Å². The maximum Gasteiger partial charge on any atom is 0.332 e. The molecular formula is C11H8Cl2N4O2. The van der Waals surface area contributed by atoms with Crippen LogP contribution in [0.15, 0.2) is 24.3 Å². The Bertz CT molecular complexity index is 649. The van der Waals surface area contributed by atoms with Gasteiger partial charge in [-0.05, 0) is 30.7 Å². The molecule has 2 rings (SSSR count). The number of nitrogens with zero attached hydrogens (tertiary/aromatic N) is 3. The predicted octanol–water partition coefficient (Wildman–Crippen LogP) is 3.74. The Kier molecular flexibility index (Phi) is 3.82. The second kappa shape index (κ2) is 5.38. The minimum Gasteiger partial charge on any atom is -0.333 e. The lowest BCUT2D eigenvalue weighted by Crippen LogP contribution is -2.04. The fraction of sp³-hybridized carbons (Fsp3) is 0.0909. The Morgan fingerprint density at radius 1 is 1.26 bits per heavy atom. The lowest BCUT2D eigenvalue weighted by atomic mass is 10.3. The average Bonchev–Trinajstić information content (AvgIpc) is 2.30. The maximum atomic E-state index is 11.0. The van der Waals surface area contributed by atoms with Gasteiger partial charge in [-0.25, -0.2) is 4.98 Å². The van der Waals surface area contributed by atoms with Gasteiger partial charge in [-0.3, -0.25) is 10.1 Å². The van der Waals surface area contributed by atoms with Crippen molar-refractivity contribution in [3.63, 3.8) is 0 Å². The van der Waals surface area contributed by atoms with Gasteiger partial charge in [0, 0.05) is 0 Å². The summed E-state index contributed by atoms with van der Waals surface area (Å²) in [5.74, 6) is 0.00981. The highest BCUT2D eigenvalue weighted by molar-refractivity contribution is 6.33. The molecule has 1 aromatic heterocycles. The molecule has 0 saturated carbocycles. The van der Waals surface area contributed by atoms with E-state index in [1.54, 1.807) is 24.3 Å². The summed E-state index contributed by atoms with van der Waals surface area (Å²) in [4.78, 5) is 18.1. The van der Waals surface area contributed by atoms with Gasteiger partial charge >= 0.3 is 5.69 Å². The molecule has 1 aromatic carbocycles. The van der Waals surface area contributed by atoms with E-state index in [0.717, 1.165) is 0 Å². The van der Waals surface area contributed by atoms with E-state index < -0.39 is 4.92 Å². The standard InChI is InChI=1S/C11H8Cl2N4O2/c1-6-9(17(18)19)10(16-11(13)14-6)15-8-5-3-2-4-7(8)12/h2-5H,1H3,(H,14,15,16). The van der Waals surface area contributed by atoms with Gasteiger partial charge in [0.1, 0.15) is 5.69 Å². The van der Waals surface area contributed by atoms with Crippen molar-refractivity contribution >= 4 is 40.4 Å². The van der Waals surface area contributed by atoms with Crippen LogP contribution < -0.4 is 5.32 Å². The zero-order valence-electron chi connectivity index (χ0n) is 9.72. The van der Waals surface area contributed by atoms with Crippen molar-refractivity contribution in [3.05, 3.63) is 50.4 Å². The molecule has 0 bridgehead atoms. The molecular weight excluding hydrogens is 291 g/mol. The number of rotatable bonds is 3. The van der Waals surface area contributed by atoms with E-state index >= 15 is 0 Å². The van der Waals surface area contributed by atoms with Crippen LogP contribution in [0.5, 0.6) is 0 Å². The van der Waals surface area contributed by atoms with E-state index in [-0.39, 0.29) is 22.5 Å². The summed E-state index contributed by atoms with van der Waals surface area (Å²) < 4.78 is 0. The molecule has 0 atom stereocenters. The smallest absolute Gasteiger partial charge is 0.332 e. The highest BCUT2D eigenvalue weighted by atomic mass is 35.5. The highest BCUT2D eigenvalue weighted by Crippen LogP contribution is 2.31. The molecule has 0 aliphatic carbocycles. The number of nitro groups is 1. The number of nitrogens with one attached hydrogen (secondary N) is 1. The van der Waals surface area contributed by atoms with Gasteiger partial charge in [0.25, 0.3) is 0 Å². The Hall–Kier alpha value is -1.92. The van der Waals surface area contributed by atoms with E-state index in [0.29, 0.717) is 10.7 Å². The van der Waals surface area contributed by atoms with Gasteiger partial charge in [0.15, 0.2) is 0 Å². The lowest BCUT2D eigenvalue weighted by Gasteiger charge is -2.08. The number of hydrogen-bond acceptors (Lipinski definition) is 5. The van der Waals surface area contributed by atoms with Crippen molar-refractivity contribution in [2.75, 3.05) is 5.32 Å². The summed E-state index contributed by atoms with van der Waals surface area (Å²) in [6.45, 7) is 1.49. The Morgan fingerprint density at radius 2 is 1.95 bits per heavy atom. The summed E-state index contributed by atoms with van der Waals surface area (Å²) in [5.41, 5.74) is 0.449. The number of aryl methyl sites for hydroxylation is 1. The van der Waals surface area contributed by atoms with Crippen LogP contribution in [0.2, 0.25) is 10.3 Å². The molecule has 8 heteroatoms. The fourth-order valence-corrected chi connectivity index (χ4v) is 1.92. The van der Waals surface area contributed by atoms with Crippen LogP contribution in [0.4, 0.5) is 17.2 Å². The molecule has 19 heavy (non-hydrogen) atoms. The molecule has 0 aliphatic rings. The molecule has 6 nitrogen and oxygen atoms in total. The van der Waals surface area contributed by atoms with E-state index in [4.69, 9.17) is 23.2 Å². The van der Waals surface area contributed by atoms with Crippen molar-refractivity contribution < 1.29 is 4.92 Å². The maximum absolute atomic E-state index is 11.0. The number of hydrogen-bond donors (Lipinski definition) is 1. The zero-order chi connectivity index (χ0) is 14.0. The molecule has 0 unspecified atom stereocenters. The van der Waals surface area contributed by atoms with Crippen molar-refractivity contribution in [3.8, 4) is 0 Å². The van der Waals surface area contributed by atoms with Crippen molar-refractivity contribution in [1.29, 1.82) is 0 Å². The summed E-state index contributed by atoms with van der Waals surface area (Å²) >= 11 is 11.7.